The summed E-state index contributed by atoms with van der Waals surface area (Å²) in [5, 5.41) is -0.346. The lowest BCUT2D eigenvalue weighted by molar-refractivity contribution is 0.0427. The van der Waals surface area contributed by atoms with Gasteiger partial charge in [0.25, 0.3) is 22.2 Å². The lowest BCUT2D eigenvalue weighted by atomic mass is 10.1. The van der Waals surface area contributed by atoms with Crippen LogP contribution in [0.3, 0.4) is 0 Å². The van der Waals surface area contributed by atoms with Crippen LogP contribution in [-0.2, 0) is 0 Å². The molecule has 10 nitrogen and oxygen atoms in total. The summed E-state index contributed by atoms with van der Waals surface area (Å²) < 4.78 is 0.480. The molecule has 0 fully saturated rings. The molecule has 0 atom stereocenters. The number of hydrogen-bond donors (Lipinski definition) is 0. The van der Waals surface area contributed by atoms with Crippen LogP contribution in [0.2, 0.25) is 10.0 Å². The second-order valence-corrected chi connectivity index (χ2v) is 8.40. The Balaban J connectivity index is 1.56. The van der Waals surface area contributed by atoms with Crippen molar-refractivity contribution in [2.45, 2.75) is 0 Å². The predicted octanol–water partition coefficient (Wildman–Crippen LogP) is 1.76. The molecule has 12 heteroatoms. The van der Waals surface area contributed by atoms with Gasteiger partial charge in [-0.15, -0.1) is 0 Å². The first-order valence-corrected chi connectivity index (χ1v) is 10.8. The van der Waals surface area contributed by atoms with Crippen molar-refractivity contribution < 1.29 is 19.3 Å². The van der Waals surface area contributed by atoms with E-state index in [1.807, 2.05) is 0 Å². The second kappa shape index (κ2) is 8.59. The van der Waals surface area contributed by atoms with E-state index < -0.39 is 34.2 Å². The third-order valence-corrected chi connectivity index (χ3v) is 5.83. The summed E-state index contributed by atoms with van der Waals surface area (Å²) in [6.07, 6.45) is 0. The Morgan fingerprint density at radius 3 is 1.08 bits per heavy atom. The molecule has 0 N–H and O–H groups in total. The van der Waals surface area contributed by atoms with Gasteiger partial charge in [-0.1, -0.05) is 32.7 Å². The molecule has 2 aromatic heterocycles. The first-order chi connectivity index (χ1) is 17.2. The Labute approximate surface area is 208 Å². The first-order valence-electron chi connectivity index (χ1n) is 10.1. The Morgan fingerprint density at radius 1 is 0.528 bits per heavy atom. The van der Waals surface area contributed by atoms with Gasteiger partial charge < -0.3 is 9.68 Å². The molecule has 0 unspecified atom stereocenters. The van der Waals surface area contributed by atoms with Gasteiger partial charge in [0.15, 0.2) is 0 Å². The smallest absolute Gasteiger partial charge is 0.324 e. The highest BCUT2D eigenvalue weighted by Crippen LogP contribution is 2.15. The second-order valence-electron chi connectivity index (χ2n) is 7.52. The predicted molar refractivity (Wildman–Crippen MR) is 130 cm³/mol. The first kappa shape index (κ1) is 23.2. The van der Waals surface area contributed by atoms with Crippen molar-refractivity contribution in [1.82, 2.24) is 9.46 Å². The fourth-order valence-electron chi connectivity index (χ4n) is 3.54. The number of fused-ring (bicyclic) bond motifs is 2. The quantitative estimate of drug-likeness (QED) is 0.347. The molecule has 178 valence electrons. The van der Waals surface area contributed by atoms with Gasteiger partial charge >= 0.3 is 11.9 Å². The molecule has 5 rings (SSSR count). The molecule has 0 spiro atoms. The zero-order valence-electron chi connectivity index (χ0n) is 17.7. The largest absolute Gasteiger partial charge is 0.363 e. The highest BCUT2D eigenvalue weighted by atomic mass is 35.5. The maximum absolute atomic E-state index is 12.8. The molecule has 0 amide bonds. The number of rotatable bonds is 4. The van der Waals surface area contributed by atoms with E-state index >= 15 is 0 Å². The van der Waals surface area contributed by atoms with Crippen LogP contribution in [0.15, 0.2) is 79.8 Å². The number of benzene rings is 3. The van der Waals surface area contributed by atoms with E-state index in [-0.39, 0.29) is 42.1 Å². The van der Waals surface area contributed by atoms with Gasteiger partial charge in [0.2, 0.25) is 0 Å². The van der Waals surface area contributed by atoms with Crippen LogP contribution in [0.5, 0.6) is 0 Å². The minimum Gasteiger partial charge on any atom is -0.324 e. The molecule has 3 aromatic carbocycles. The molecule has 0 aliphatic carbocycles. The summed E-state index contributed by atoms with van der Waals surface area (Å²) in [5.41, 5.74) is -4.01. The molecule has 0 bridgehead atoms. The van der Waals surface area contributed by atoms with Crippen LogP contribution in [0, 0.1) is 0 Å². The van der Waals surface area contributed by atoms with Crippen LogP contribution >= 0.6 is 23.2 Å². The maximum atomic E-state index is 12.8. The van der Waals surface area contributed by atoms with Gasteiger partial charge in [0.1, 0.15) is 0 Å². The molecule has 0 aliphatic heterocycles. The number of halogens is 2. The van der Waals surface area contributed by atoms with Gasteiger partial charge in [-0.3, -0.25) is 19.2 Å². The zero-order valence-corrected chi connectivity index (χ0v) is 19.2. The van der Waals surface area contributed by atoms with E-state index in [1.54, 1.807) is 0 Å². The lowest BCUT2D eigenvalue weighted by Gasteiger charge is -2.02. The minimum atomic E-state index is -1.02. The normalized spacial score (nSPS) is 11.2. The van der Waals surface area contributed by atoms with E-state index in [9.17, 15) is 28.8 Å². The van der Waals surface area contributed by atoms with E-state index in [1.165, 1.54) is 48.5 Å². The zero-order chi connectivity index (χ0) is 25.7. The number of carbonyl (C=O) groups is 2. The van der Waals surface area contributed by atoms with Gasteiger partial charge in [0, 0.05) is 10.0 Å². The summed E-state index contributed by atoms with van der Waals surface area (Å²) in [6.45, 7) is 0. The SMILES string of the molecule is O=C(On1c(=O)c2cc3c(=O)n(OC(=O)c4ccc(Cl)cc4)c(=O)c3cc2c1=O)c1ccc(Cl)cc1. The van der Waals surface area contributed by atoms with Crippen molar-refractivity contribution in [3.05, 3.63) is 123 Å². The number of carbonyl (C=O) groups excluding carboxylic acids is 2. The van der Waals surface area contributed by atoms with Crippen LogP contribution < -0.4 is 31.9 Å². The summed E-state index contributed by atoms with van der Waals surface area (Å²) in [7, 11) is 0. The van der Waals surface area contributed by atoms with Crippen molar-refractivity contribution >= 4 is 56.7 Å². The molecule has 5 aromatic rings. The molecule has 0 saturated heterocycles. The maximum Gasteiger partial charge on any atom is 0.363 e. The third kappa shape index (κ3) is 3.78. The molecule has 0 radical (unpaired) electrons. The number of hydrogen-bond acceptors (Lipinski definition) is 8. The van der Waals surface area contributed by atoms with Crippen LogP contribution in [0.25, 0.3) is 21.5 Å². The van der Waals surface area contributed by atoms with Gasteiger partial charge in [-0.2, -0.15) is 0 Å². The Hall–Kier alpha value is -4.54. The Bertz CT molecular complexity index is 1700. The fraction of sp³-hybridized carbons (Fsp3) is 0. The van der Waals surface area contributed by atoms with Crippen molar-refractivity contribution in [2.24, 2.45) is 0 Å². The van der Waals surface area contributed by atoms with Gasteiger partial charge in [-0.25, -0.2) is 9.59 Å². The number of nitrogens with zero attached hydrogens (tertiary/aromatic N) is 2. The molecule has 0 saturated carbocycles. The Morgan fingerprint density at radius 2 is 0.806 bits per heavy atom. The summed E-state index contributed by atoms with van der Waals surface area (Å²) in [4.78, 5) is 85.8. The van der Waals surface area contributed by atoms with Crippen molar-refractivity contribution in [2.75, 3.05) is 0 Å². The van der Waals surface area contributed by atoms with Gasteiger partial charge in [-0.05, 0) is 60.7 Å². The molecule has 0 aliphatic rings. The topological polar surface area (TPSA) is 131 Å². The summed E-state index contributed by atoms with van der Waals surface area (Å²) in [5.74, 6) is -2.00. The molecule has 2 heterocycles. The standard InChI is InChI=1S/C24H10Cl2N2O8/c25-13-5-1-11(2-6-13)23(33)35-27-19(29)15-9-17-18(10-16(15)20(27)30)22(32)28(21(17)31)36-24(34)12-3-7-14(26)8-4-12/h1-10H. The molecular formula is C24H10Cl2N2O8. The van der Waals surface area contributed by atoms with Crippen LogP contribution in [0.4, 0.5) is 0 Å². The van der Waals surface area contributed by atoms with E-state index in [4.69, 9.17) is 32.9 Å². The van der Waals surface area contributed by atoms with Crippen LogP contribution in [-0.4, -0.2) is 21.4 Å². The highest BCUT2D eigenvalue weighted by Gasteiger charge is 2.23. The van der Waals surface area contributed by atoms with Gasteiger partial charge in [0.05, 0.1) is 32.7 Å². The van der Waals surface area contributed by atoms with E-state index in [0.717, 1.165) is 12.1 Å². The van der Waals surface area contributed by atoms with Crippen molar-refractivity contribution in [1.29, 1.82) is 0 Å². The fourth-order valence-corrected chi connectivity index (χ4v) is 3.79. The Kier molecular flexibility index (Phi) is 5.54. The summed E-state index contributed by atoms with van der Waals surface area (Å²) >= 11 is 11.6. The summed E-state index contributed by atoms with van der Waals surface area (Å²) in [6, 6.07) is 13.1. The average Bonchev–Trinajstić information content (AvgIpc) is 3.23. The van der Waals surface area contributed by atoms with Crippen molar-refractivity contribution in [3.63, 3.8) is 0 Å². The monoisotopic (exact) mass is 524 g/mol. The number of aromatic nitrogens is 2. The van der Waals surface area contributed by atoms with E-state index in [2.05, 4.69) is 0 Å². The minimum absolute atomic E-state index is 0.0296. The molecular weight excluding hydrogens is 515 g/mol. The van der Waals surface area contributed by atoms with E-state index in [0.29, 0.717) is 10.0 Å². The highest BCUT2D eigenvalue weighted by molar-refractivity contribution is 6.31. The average molecular weight is 525 g/mol. The van der Waals surface area contributed by atoms with Crippen molar-refractivity contribution in [3.8, 4) is 0 Å². The molecule has 36 heavy (non-hydrogen) atoms. The third-order valence-electron chi connectivity index (χ3n) is 5.33. The lowest BCUT2D eigenvalue weighted by Crippen LogP contribution is -2.36. The van der Waals surface area contributed by atoms with Crippen LogP contribution in [0.1, 0.15) is 20.7 Å².